The first kappa shape index (κ1) is 11.2. The number of imide groups is 1. The van der Waals surface area contributed by atoms with E-state index in [0.717, 1.165) is 0 Å². The summed E-state index contributed by atoms with van der Waals surface area (Å²) in [6, 6.07) is 6.25. The first-order valence-corrected chi connectivity index (χ1v) is 4.36. The molecule has 0 radical (unpaired) electrons. The smallest absolute Gasteiger partial charge is 0.257 e. The molecule has 0 saturated carbocycles. The van der Waals surface area contributed by atoms with E-state index in [1.54, 1.807) is 12.1 Å². The standard InChI is InChI=1S/C10H11NO4/c12-5-6-15-9-3-1-8(2-4-9)10(14)11-7-13/h1-4,7,12H,5-6H2,(H,11,13,14). The highest BCUT2D eigenvalue weighted by Gasteiger charge is 2.03. The lowest BCUT2D eigenvalue weighted by Crippen LogP contribution is -2.20. The summed E-state index contributed by atoms with van der Waals surface area (Å²) >= 11 is 0. The van der Waals surface area contributed by atoms with E-state index in [0.29, 0.717) is 17.7 Å². The minimum Gasteiger partial charge on any atom is -0.491 e. The molecule has 0 fully saturated rings. The maximum Gasteiger partial charge on any atom is 0.257 e. The molecular formula is C10H11NO4. The Morgan fingerprint density at radius 1 is 1.40 bits per heavy atom. The second kappa shape index (κ2) is 5.77. The zero-order valence-corrected chi connectivity index (χ0v) is 7.97. The number of aliphatic hydroxyl groups is 1. The molecule has 0 spiro atoms. The van der Waals surface area contributed by atoms with Crippen molar-refractivity contribution in [2.24, 2.45) is 0 Å². The number of carbonyl (C=O) groups excluding carboxylic acids is 2. The summed E-state index contributed by atoms with van der Waals surface area (Å²) < 4.78 is 5.10. The lowest BCUT2D eigenvalue weighted by molar-refractivity contribution is -0.108. The van der Waals surface area contributed by atoms with E-state index in [1.165, 1.54) is 12.1 Å². The number of ether oxygens (including phenoxy) is 1. The van der Waals surface area contributed by atoms with Crippen LogP contribution in [-0.2, 0) is 4.79 Å². The summed E-state index contributed by atoms with van der Waals surface area (Å²) in [5.41, 5.74) is 0.374. The Labute approximate surface area is 86.7 Å². The van der Waals surface area contributed by atoms with Gasteiger partial charge in [0, 0.05) is 5.56 Å². The van der Waals surface area contributed by atoms with E-state index in [4.69, 9.17) is 9.84 Å². The zero-order valence-electron chi connectivity index (χ0n) is 7.97. The molecule has 1 rings (SSSR count). The van der Waals surface area contributed by atoms with Crippen LogP contribution in [0.5, 0.6) is 5.75 Å². The molecule has 5 heteroatoms. The van der Waals surface area contributed by atoms with Gasteiger partial charge in [-0.25, -0.2) is 0 Å². The molecule has 80 valence electrons. The topological polar surface area (TPSA) is 75.6 Å². The lowest BCUT2D eigenvalue weighted by atomic mass is 10.2. The fourth-order valence-electron chi connectivity index (χ4n) is 1.00. The maximum atomic E-state index is 11.1. The van der Waals surface area contributed by atoms with Crippen molar-refractivity contribution in [1.29, 1.82) is 0 Å². The molecule has 0 heterocycles. The van der Waals surface area contributed by atoms with Crippen LogP contribution in [0.15, 0.2) is 24.3 Å². The monoisotopic (exact) mass is 209 g/mol. The molecule has 0 aliphatic carbocycles. The average Bonchev–Trinajstić information content (AvgIpc) is 2.27. The largest absolute Gasteiger partial charge is 0.491 e. The van der Waals surface area contributed by atoms with Crippen LogP contribution < -0.4 is 10.1 Å². The molecule has 2 N–H and O–H groups in total. The number of amides is 2. The van der Waals surface area contributed by atoms with Gasteiger partial charge in [0.15, 0.2) is 0 Å². The third kappa shape index (κ3) is 3.40. The highest BCUT2D eigenvalue weighted by atomic mass is 16.5. The highest BCUT2D eigenvalue weighted by molar-refractivity contribution is 5.99. The first-order chi connectivity index (χ1) is 7.27. The zero-order chi connectivity index (χ0) is 11.1. The lowest BCUT2D eigenvalue weighted by Gasteiger charge is -2.04. The number of carbonyl (C=O) groups is 2. The maximum absolute atomic E-state index is 11.1. The summed E-state index contributed by atoms with van der Waals surface area (Å²) in [5, 5.41) is 10.5. The van der Waals surface area contributed by atoms with Crippen molar-refractivity contribution in [2.75, 3.05) is 13.2 Å². The summed E-state index contributed by atoms with van der Waals surface area (Å²) in [5.74, 6) is 0.102. The van der Waals surface area contributed by atoms with Crippen molar-refractivity contribution < 1.29 is 19.4 Å². The number of hydrogen-bond acceptors (Lipinski definition) is 4. The predicted octanol–water partition coefficient (Wildman–Crippen LogP) is -0.0561. The van der Waals surface area contributed by atoms with Gasteiger partial charge < -0.3 is 9.84 Å². The average molecular weight is 209 g/mol. The molecule has 0 aliphatic rings. The van der Waals surface area contributed by atoms with Gasteiger partial charge in [0.25, 0.3) is 5.91 Å². The molecule has 1 aromatic carbocycles. The minimum atomic E-state index is -0.460. The van der Waals surface area contributed by atoms with Crippen LogP contribution in [0.3, 0.4) is 0 Å². The second-order valence-electron chi connectivity index (χ2n) is 2.69. The Hall–Kier alpha value is -1.88. The van der Waals surface area contributed by atoms with Gasteiger partial charge in [0.05, 0.1) is 6.61 Å². The molecule has 15 heavy (non-hydrogen) atoms. The van der Waals surface area contributed by atoms with Crippen molar-refractivity contribution >= 4 is 12.3 Å². The number of aliphatic hydroxyl groups excluding tert-OH is 1. The predicted molar refractivity (Wildman–Crippen MR) is 52.6 cm³/mol. The van der Waals surface area contributed by atoms with E-state index in [1.807, 2.05) is 5.32 Å². The van der Waals surface area contributed by atoms with Crippen LogP contribution in [0.1, 0.15) is 10.4 Å². The van der Waals surface area contributed by atoms with E-state index >= 15 is 0 Å². The van der Waals surface area contributed by atoms with Crippen molar-refractivity contribution in [1.82, 2.24) is 5.32 Å². The van der Waals surface area contributed by atoms with Crippen LogP contribution in [0.25, 0.3) is 0 Å². The molecular weight excluding hydrogens is 198 g/mol. The van der Waals surface area contributed by atoms with Crippen molar-refractivity contribution in [2.45, 2.75) is 0 Å². The molecule has 0 bridgehead atoms. The van der Waals surface area contributed by atoms with Gasteiger partial charge >= 0.3 is 0 Å². The normalized spacial score (nSPS) is 9.40. The number of nitrogens with one attached hydrogen (secondary N) is 1. The summed E-state index contributed by atoms with van der Waals surface area (Å²) in [6.07, 6.45) is 0.332. The number of benzene rings is 1. The quantitative estimate of drug-likeness (QED) is 0.666. The Balaban J connectivity index is 2.63. The third-order valence-electron chi connectivity index (χ3n) is 1.67. The van der Waals surface area contributed by atoms with Crippen molar-refractivity contribution in [3.05, 3.63) is 29.8 Å². The van der Waals surface area contributed by atoms with E-state index in [9.17, 15) is 9.59 Å². The van der Waals surface area contributed by atoms with Gasteiger partial charge in [-0.05, 0) is 24.3 Å². The fraction of sp³-hybridized carbons (Fsp3) is 0.200. The van der Waals surface area contributed by atoms with Crippen LogP contribution in [0.4, 0.5) is 0 Å². The minimum absolute atomic E-state index is 0.0621. The van der Waals surface area contributed by atoms with Crippen molar-refractivity contribution in [3.63, 3.8) is 0 Å². The second-order valence-corrected chi connectivity index (χ2v) is 2.69. The third-order valence-corrected chi connectivity index (χ3v) is 1.67. The first-order valence-electron chi connectivity index (χ1n) is 4.36. The molecule has 1 aromatic rings. The summed E-state index contributed by atoms with van der Waals surface area (Å²) in [7, 11) is 0. The van der Waals surface area contributed by atoms with Gasteiger partial charge in [-0.3, -0.25) is 14.9 Å². The summed E-state index contributed by atoms with van der Waals surface area (Å²) in [6.45, 7) is 0.146. The van der Waals surface area contributed by atoms with Gasteiger partial charge in [-0.2, -0.15) is 0 Å². The van der Waals surface area contributed by atoms with Gasteiger partial charge in [0.1, 0.15) is 12.4 Å². The Kier molecular flexibility index (Phi) is 4.30. The molecule has 0 saturated heterocycles. The van der Waals surface area contributed by atoms with Crippen LogP contribution in [0, 0.1) is 0 Å². The van der Waals surface area contributed by atoms with Gasteiger partial charge in [-0.1, -0.05) is 0 Å². The molecule has 0 unspecified atom stereocenters. The molecule has 5 nitrogen and oxygen atoms in total. The summed E-state index contributed by atoms with van der Waals surface area (Å²) in [4.78, 5) is 21.2. The molecule has 0 atom stereocenters. The van der Waals surface area contributed by atoms with E-state index in [-0.39, 0.29) is 13.2 Å². The van der Waals surface area contributed by atoms with Crippen LogP contribution >= 0.6 is 0 Å². The molecule has 2 amide bonds. The Bertz CT molecular complexity index is 334. The Morgan fingerprint density at radius 3 is 2.60 bits per heavy atom. The van der Waals surface area contributed by atoms with Gasteiger partial charge in [-0.15, -0.1) is 0 Å². The molecule has 0 aromatic heterocycles. The van der Waals surface area contributed by atoms with Crippen LogP contribution in [-0.4, -0.2) is 30.6 Å². The number of rotatable bonds is 5. The van der Waals surface area contributed by atoms with Gasteiger partial charge in [0.2, 0.25) is 6.41 Å². The van der Waals surface area contributed by atoms with E-state index < -0.39 is 5.91 Å². The van der Waals surface area contributed by atoms with E-state index in [2.05, 4.69) is 0 Å². The number of hydrogen-bond donors (Lipinski definition) is 2. The van der Waals surface area contributed by atoms with Crippen molar-refractivity contribution in [3.8, 4) is 5.75 Å². The molecule has 0 aliphatic heterocycles. The fourth-order valence-corrected chi connectivity index (χ4v) is 1.00. The van der Waals surface area contributed by atoms with Crippen LogP contribution in [0.2, 0.25) is 0 Å². The SMILES string of the molecule is O=CNC(=O)c1ccc(OCCO)cc1. The Morgan fingerprint density at radius 2 is 2.07 bits per heavy atom. The highest BCUT2D eigenvalue weighted by Crippen LogP contribution is 2.11.